The van der Waals surface area contributed by atoms with Crippen LogP contribution in [0.2, 0.25) is 0 Å². The zero-order chi connectivity index (χ0) is 18.5. The van der Waals surface area contributed by atoms with E-state index >= 15 is 0 Å². The molecule has 2 N–H and O–H groups in total. The Labute approximate surface area is 160 Å². The Balaban J connectivity index is 1.35. The number of anilines is 2. The molecule has 0 atom stereocenters. The molecule has 1 aliphatic rings. The van der Waals surface area contributed by atoms with Gasteiger partial charge in [0.05, 0.1) is 11.7 Å². The Hall–Kier alpha value is -3.00. The van der Waals surface area contributed by atoms with Crippen LogP contribution in [-0.4, -0.2) is 27.2 Å². The van der Waals surface area contributed by atoms with Crippen molar-refractivity contribution in [3.05, 3.63) is 59.2 Å². The number of benzene rings is 1. The average Bonchev–Trinajstić information content (AvgIpc) is 3.17. The Morgan fingerprint density at radius 3 is 2.81 bits per heavy atom. The molecule has 4 rings (SSSR count). The third-order valence-corrected chi connectivity index (χ3v) is 4.99. The highest BCUT2D eigenvalue weighted by Crippen LogP contribution is 2.28. The van der Waals surface area contributed by atoms with E-state index in [1.807, 2.05) is 24.3 Å². The molecular weight excluding hydrogens is 362 g/mol. The molecule has 8 heteroatoms. The number of rotatable bonds is 7. The number of ether oxygens (including phenoxy) is 1. The lowest BCUT2D eigenvalue weighted by Crippen LogP contribution is -2.25. The van der Waals surface area contributed by atoms with Gasteiger partial charge in [-0.25, -0.2) is 4.98 Å². The summed E-state index contributed by atoms with van der Waals surface area (Å²) < 4.78 is 6.05. The van der Waals surface area contributed by atoms with Crippen LogP contribution >= 0.6 is 11.3 Å². The lowest BCUT2D eigenvalue weighted by molar-refractivity contribution is 0.102. The number of nitrogens with one attached hydrogen (secondary N) is 2. The van der Waals surface area contributed by atoms with Crippen LogP contribution in [0, 0.1) is 0 Å². The van der Waals surface area contributed by atoms with E-state index in [2.05, 4.69) is 25.8 Å². The molecule has 2 aromatic heterocycles. The highest BCUT2D eigenvalue weighted by molar-refractivity contribution is 7.13. The molecule has 1 fully saturated rings. The first-order valence-electron chi connectivity index (χ1n) is 8.80. The fourth-order valence-electron chi connectivity index (χ4n) is 2.65. The summed E-state index contributed by atoms with van der Waals surface area (Å²) in [6.45, 7) is 0.603. The van der Waals surface area contributed by atoms with Crippen LogP contribution in [0.15, 0.2) is 48.1 Å². The van der Waals surface area contributed by atoms with E-state index in [1.165, 1.54) is 24.0 Å². The summed E-state index contributed by atoms with van der Waals surface area (Å²) >= 11 is 1.27. The quantitative estimate of drug-likeness (QED) is 0.648. The monoisotopic (exact) mass is 381 g/mol. The van der Waals surface area contributed by atoms with Crippen molar-refractivity contribution in [2.45, 2.75) is 31.9 Å². The molecule has 27 heavy (non-hydrogen) atoms. The summed E-state index contributed by atoms with van der Waals surface area (Å²) in [6, 6.07) is 11.5. The number of carbonyl (C=O) groups excluding carboxylic acids is 1. The summed E-state index contributed by atoms with van der Waals surface area (Å²) in [4.78, 5) is 16.5. The van der Waals surface area contributed by atoms with E-state index in [4.69, 9.17) is 4.74 Å². The molecular formula is C19H19N5O2S. The van der Waals surface area contributed by atoms with Crippen molar-refractivity contribution < 1.29 is 9.53 Å². The Kier molecular flexibility index (Phi) is 5.24. The van der Waals surface area contributed by atoms with Gasteiger partial charge in [-0.05, 0) is 37.5 Å². The van der Waals surface area contributed by atoms with Crippen LogP contribution in [0.4, 0.5) is 10.9 Å². The SMILES string of the molecule is O=C(Nc1nncs1)c1ccc(NCc2ccccc2OC2CCC2)nc1. The van der Waals surface area contributed by atoms with Crippen molar-refractivity contribution in [3.8, 4) is 5.75 Å². The predicted octanol–water partition coefficient (Wildman–Crippen LogP) is 3.73. The van der Waals surface area contributed by atoms with Crippen LogP contribution in [-0.2, 0) is 6.54 Å². The van der Waals surface area contributed by atoms with Gasteiger partial charge in [-0.1, -0.05) is 29.5 Å². The minimum Gasteiger partial charge on any atom is -0.490 e. The standard InChI is InChI=1S/C19H19N5O2S/c25-18(23-19-24-22-12-27-19)14-8-9-17(21-11-14)20-10-13-4-1-2-7-16(13)26-15-5-3-6-15/h1-2,4,7-9,11-12,15H,3,5-6,10H2,(H,20,21)(H,23,24,25). The molecule has 2 heterocycles. The molecule has 1 aromatic carbocycles. The first-order chi connectivity index (χ1) is 13.3. The van der Waals surface area contributed by atoms with Gasteiger partial charge in [0, 0.05) is 18.3 Å². The van der Waals surface area contributed by atoms with Crippen LogP contribution in [0.5, 0.6) is 5.75 Å². The van der Waals surface area contributed by atoms with E-state index in [9.17, 15) is 4.79 Å². The third kappa shape index (κ3) is 4.40. The maximum Gasteiger partial charge on any atom is 0.259 e. The summed E-state index contributed by atoms with van der Waals surface area (Å²) in [5, 5.41) is 13.9. The molecule has 1 aliphatic carbocycles. The fraction of sp³-hybridized carbons (Fsp3) is 0.263. The van der Waals surface area contributed by atoms with Crippen molar-refractivity contribution in [2.24, 2.45) is 0 Å². The smallest absolute Gasteiger partial charge is 0.259 e. The highest BCUT2D eigenvalue weighted by Gasteiger charge is 2.20. The van der Waals surface area contributed by atoms with Crippen molar-refractivity contribution in [1.29, 1.82) is 0 Å². The molecule has 138 valence electrons. The normalized spacial score (nSPS) is 13.6. The average molecular weight is 381 g/mol. The van der Waals surface area contributed by atoms with E-state index in [-0.39, 0.29) is 5.91 Å². The number of aromatic nitrogens is 3. The molecule has 1 saturated carbocycles. The van der Waals surface area contributed by atoms with Crippen LogP contribution in [0.25, 0.3) is 0 Å². The number of nitrogens with zero attached hydrogens (tertiary/aromatic N) is 3. The van der Waals surface area contributed by atoms with Gasteiger partial charge in [0.15, 0.2) is 0 Å². The Bertz CT molecular complexity index is 895. The highest BCUT2D eigenvalue weighted by atomic mass is 32.1. The first kappa shape index (κ1) is 17.4. The van der Waals surface area contributed by atoms with E-state index in [0.29, 0.717) is 29.2 Å². The summed E-state index contributed by atoms with van der Waals surface area (Å²) in [5.41, 5.74) is 3.11. The van der Waals surface area contributed by atoms with Gasteiger partial charge < -0.3 is 10.1 Å². The summed E-state index contributed by atoms with van der Waals surface area (Å²) in [5.74, 6) is 1.36. The lowest BCUT2D eigenvalue weighted by Gasteiger charge is -2.27. The number of hydrogen-bond donors (Lipinski definition) is 2. The van der Waals surface area contributed by atoms with E-state index in [1.54, 1.807) is 17.6 Å². The molecule has 3 aromatic rings. The van der Waals surface area contributed by atoms with Gasteiger partial charge in [-0.15, -0.1) is 10.2 Å². The van der Waals surface area contributed by atoms with Gasteiger partial charge in [0.2, 0.25) is 5.13 Å². The molecule has 0 unspecified atom stereocenters. The van der Waals surface area contributed by atoms with Crippen molar-refractivity contribution in [1.82, 2.24) is 15.2 Å². The number of amides is 1. The topological polar surface area (TPSA) is 89.0 Å². The zero-order valence-corrected chi connectivity index (χ0v) is 15.4. The molecule has 0 aliphatic heterocycles. The second-order valence-corrected chi connectivity index (χ2v) is 7.10. The Morgan fingerprint density at radius 2 is 2.11 bits per heavy atom. The molecule has 1 amide bonds. The van der Waals surface area contributed by atoms with Gasteiger partial charge in [-0.3, -0.25) is 10.1 Å². The molecule has 0 saturated heterocycles. The molecule has 0 spiro atoms. The second kappa shape index (κ2) is 8.13. The maximum absolute atomic E-state index is 12.1. The number of carbonyl (C=O) groups is 1. The van der Waals surface area contributed by atoms with Crippen LogP contribution in [0.1, 0.15) is 35.2 Å². The van der Waals surface area contributed by atoms with Gasteiger partial charge in [-0.2, -0.15) is 0 Å². The van der Waals surface area contributed by atoms with Crippen molar-refractivity contribution in [3.63, 3.8) is 0 Å². The molecule has 0 radical (unpaired) electrons. The minimum atomic E-state index is -0.259. The number of pyridine rings is 1. The largest absolute Gasteiger partial charge is 0.490 e. The predicted molar refractivity (Wildman–Crippen MR) is 104 cm³/mol. The lowest BCUT2D eigenvalue weighted by atomic mass is 9.96. The molecule has 0 bridgehead atoms. The number of para-hydroxylation sites is 1. The van der Waals surface area contributed by atoms with Crippen molar-refractivity contribution >= 4 is 28.2 Å². The van der Waals surface area contributed by atoms with Gasteiger partial charge >= 0.3 is 0 Å². The van der Waals surface area contributed by atoms with Crippen LogP contribution in [0.3, 0.4) is 0 Å². The minimum absolute atomic E-state index is 0.259. The summed E-state index contributed by atoms with van der Waals surface area (Å²) in [6.07, 6.45) is 5.38. The zero-order valence-electron chi connectivity index (χ0n) is 14.6. The molecule has 7 nitrogen and oxygen atoms in total. The van der Waals surface area contributed by atoms with Gasteiger partial charge in [0.1, 0.15) is 17.1 Å². The van der Waals surface area contributed by atoms with E-state index in [0.717, 1.165) is 24.2 Å². The third-order valence-electron chi connectivity index (χ3n) is 4.38. The Morgan fingerprint density at radius 1 is 1.22 bits per heavy atom. The second-order valence-electron chi connectivity index (χ2n) is 6.26. The van der Waals surface area contributed by atoms with Crippen molar-refractivity contribution in [2.75, 3.05) is 10.6 Å². The fourth-order valence-corrected chi connectivity index (χ4v) is 3.09. The van der Waals surface area contributed by atoms with E-state index < -0.39 is 0 Å². The number of hydrogen-bond acceptors (Lipinski definition) is 7. The maximum atomic E-state index is 12.1. The summed E-state index contributed by atoms with van der Waals surface area (Å²) in [7, 11) is 0. The van der Waals surface area contributed by atoms with Crippen LogP contribution < -0.4 is 15.4 Å². The first-order valence-corrected chi connectivity index (χ1v) is 9.68. The van der Waals surface area contributed by atoms with Gasteiger partial charge in [0.25, 0.3) is 5.91 Å².